The second-order valence-corrected chi connectivity index (χ2v) is 4.94. The zero-order valence-electron chi connectivity index (χ0n) is 10.6. The Hall–Kier alpha value is -2.29. The quantitative estimate of drug-likeness (QED) is 0.646. The maximum atomic E-state index is 7.73. The molecule has 2 aromatic rings. The first-order chi connectivity index (χ1) is 9.21. The summed E-state index contributed by atoms with van der Waals surface area (Å²) < 4.78 is 5.81. The average molecular weight is 252 g/mol. The molecule has 0 bridgehead atoms. The Morgan fingerprint density at radius 3 is 2.32 bits per heavy atom. The lowest BCUT2D eigenvalue weighted by atomic mass is 9.95. The van der Waals surface area contributed by atoms with Crippen LogP contribution in [0, 0.1) is 5.41 Å². The van der Waals surface area contributed by atoms with Crippen LogP contribution in [0.15, 0.2) is 54.6 Å². The molecule has 1 saturated carbocycles. The number of para-hydroxylation sites is 1. The second kappa shape index (κ2) is 4.43. The van der Waals surface area contributed by atoms with E-state index in [0.717, 1.165) is 29.9 Å². The molecule has 0 amide bonds. The lowest BCUT2D eigenvalue weighted by Gasteiger charge is -2.15. The number of nitrogens with one attached hydrogen (secondary N) is 1. The zero-order chi connectivity index (χ0) is 13.3. The first-order valence-corrected chi connectivity index (χ1v) is 6.39. The molecule has 3 rings (SSSR count). The third-order valence-electron chi connectivity index (χ3n) is 3.63. The summed E-state index contributed by atoms with van der Waals surface area (Å²) in [5.41, 5.74) is 6.55. The standard InChI is InChI=1S/C16H16N2O/c17-15(18)16(9-10-16)12-5-4-8-14(11-12)19-13-6-2-1-3-7-13/h1-8,11H,9-10H2,(H3,17,18). The van der Waals surface area contributed by atoms with Gasteiger partial charge in [-0.3, -0.25) is 5.41 Å². The van der Waals surface area contributed by atoms with E-state index >= 15 is 0 Å². The van der Waals surface area contributed by atoms with E-state index < -0.39 is 0 Å². The number of nitrogens with two attached hydrogens (primary N) is 1. The van der Waals surface area contributed by atoms with Crippen molar-refractivity contribution in [2.45, 2.75) is 18.3 Å². The summed E-state index contributed by atoms with van der Waals surface area (Å²) in [6, 6.07) is 17.6. The number of hydrogen-bond donors (Lipinski definition) is 2. The summed E-state index contributed by atoms with van der Waals surface area (Å²) >= 11 is 0. The van der Waals surface area contributed by atoms with Gasteiger partial charge in [-0.25, -0.2) is 0 Å². The van der Waals surface area contributed by atoms with Crippen molar-refractivity contribution < 1.29 is 4.74 Å². The second-order valence-electron chi connectivity index (χ2n) is 4.94. The molecule has 2 aromatic carbocycles. The fourth-order valence-corrected chi connectivity index (χ4v) is 2.32. The Labute approximate surface area is 112 Å². The van der Waals surface area contributed by atoms with E-state index in [-0.39, 0.29) is 11.3 Å². The van der Waals surface area contributed by atoms with Crippen molar-refractivity contribution in [3.05, 3.63) is 60.2 Å². The molecule has 0 atom stereocenters. The number of ether oxygens (including phenoxy) is 1. The monoisotopic (exact) mass is 252 g/mol. The van der Waals surface area contributed by atoms with Crippen LogP contribution in [-0.4, -0.2) is 5.84 Å². The van der Waals surface area contributed by atoms with Gasteiger partial charge in [0.2, 0.25) is 0 Å². The molecule has 1 aliphatic carbocycles. The van der Waals surface area contributed by atoms with Gasteiger partial charge in [-0.1, -0.05) is 30.3 Å². The van der Waals surface area contributed by atoms with E-state index in [2.05, 4.69) is 0 Å². The van der Waals surface area contributed by atoms with Crippen LogP contribution in [-0.2, 0) is 5.41 Å². The van der Waals surface area contributed by atoms with Crippen molar-refractivity contribution in [1.29, 1.82) is 5.41 Å². The molecule has 0 spiro atoms. The molecule has 0 saturated heterocycles. The molecule has 0 unspecified atom stereocenters. The molecule has 1 fully saturated rings. The summed E-state index contributed by atoms with van der Waals surface area (Å²) in [7, 11) is 0. The molecule has 96 valence electrons. The Bertz CT molecular complexity index is 603. The molecule has 0 aliphatic heterocycles. The molecule has 3 heteroatoms. The van der Waals surface area contributed by atoms with Crippen LogP contribution in [0.1, 0.15) is 18.4 Å². The molecule has 1 aliphatic rings. The summed E-state index contributed by atoms with van der Waals surface area (Å²) in [5.74, 6) is 1.85. The van der Waals surface area contributed by atoms with E-state index in [1.54, 1.807) is 0 Å². The Morgan fingerprint density at radius 1 is 1.00 bits per heavy atom. The van der Waals surface area contributed by atoms with Gasteiger partial charge in [0.25, 0.3) is 0 Å². The van der Waals surface area contributed by atoms with Crippen LogP contribution < -0.4 is 10.5 Å². The highest BCUT2D eigenvalue weighted by molar-refractivity contribution is 5.92. The van der Waals surface area contributed by atoms with Crippen molar-refractivity contribution in [1.82, 2.24) is 0 Å². The maximum Gasteiger partial charge on any atom is 0.127 e. The van der Waals surface area contributed by atoms with Crippen LogP contribution in [0.25, 0.3) is 0 Å². The van der Waals surface area contributed by atoms with Gasteiger partial charge in [0.05, 0.1) is 5.41 Å². The van der Waals surface area contributed by atoms with Crippen molar-refractivity contribution in [2.75, 3.05) is 0 Å². The Morgan fingerprint density at radius 2 is 1.68 bits per heavy atom. The smallest absolute Gasteiger partial charge is 0.127 e. The van der Waals surface area contributed by atoms with Crippen LogP contribution >= 0.6 is 0 Å². The van der Waals surface area contributed by atoms with Crippen LogP contribution in [0.2, 0.25) is 0 Å². The first kappa shape index (κ1) is 11.8. The number of rotatable bonds is 4. The molecule has 19 heavy (non-hydrogen) atoms. The third kappa shape index (κ3) is 2.19. The van der Waals surface area contributed by atoms with Gasteiger partial charge in [-0.2, -0.15) is 0 Å². The van der Waals surface area contributed by atoms with E-state index in [1.165, 1.54) is 0 Å². The van der Waals surface area contributed by atoms with Crippen LogP contribution in [0.4, 0.5) is 0 Å². The maximum absolute atomic E-state index is 7.73. The zero-order valence-corrected chi connectivity index (χ0v) is 10.6. The normalized spacial score (nSPS) is 15.8. The number of hydrogen-bond acceptors (Lipinski definition) is 2. The van der Waals surface area contributed by atoms with Crippen molar-refractivity contribution in [2.24, 2.45) is 5.73 Å². The Balaban J connectivity index is 1.87. The van der Waals surface area contributed by atoms with Crippen LogP contribution in [0.5, 0.6) is 11.5 Å². The lowest BCUT2D eigenvalue weighted by molar-refractivity contribution is 0.481. The minimum absolute atomic E-state index is 0.240. The predicted octanol–water partition coefficient (Wildman–Crippen LogP) is 3.45. The van der Waals surface area contributed by atoms with E-state index in [1.807, 2.05) is 54.6 Å². The molecule has 0 radical (unpaired) electrons. The third-order valence-corrected chi connectivity index (χ3v) is 3.63. The summed E-state index contributed by atoms with van der Waals surface area (Å²) in [5, 5.41) is 7.73. The molecular formula is C16H16N2O. The fourth-order valence-electron chi connectivity index (χ4n) is 2.32. The fraction of sp³-hybridized carbons (Fsp3) is 0.188. The van der Waals surface area contributed by atoms with Gasteiger partial charge in [-0.05, 0) is 42.7 Å². The SMILES string of the molecule is N=C(N)C1(c2cccc(Oc3ccccc3)c2)CC1. The van der Waals surface area contributed by atoms with E-state index in [9.17, 15) is 0 Å². The summed E-state index contributed by atoms with van der Waals surface area (Å²) in [6.07, 6.45) is 1.91. The highest BCUT2D eigenvalue weighted by Gasteiger charge is 2.47. The highest BCUT2D eigenvalue weighted by atomic mass is 16.5. The van der Waals surface area contributed by atoms with Gasteiger partial charge in [0, 0.05) is 0 Å². The molecular weight excluding hydrogens is 236 g/mol. The van der Waals surface area contributed by atoms with Gasteiger partial charge < -0.3 is 10.5 Å². The summed E-state index contributed by atoms with van der Waals surface area (Å²) in [6.45, 7) is 0. The van der Waals surface area contributed by atoms with E-state index in [4.69, 9.17) is 15.9 Å². The van der Waals surface area contributed by atoms with Crippen molar-refractivity contribution in [3.8, 4) is 11.5 Å². The summed E-state index contributed by atoms with van der Waals surface area (Å²) in [4.78, 5) is 0. The molecule has 0 aromatic heterocycles. The van der Waals surface area contributed by atoms with Crippen LogP contribution in [0.3, 0.4) is 0 Å². The minimum Gasteiger partial charge on any atom is -0.457 e. The highest BCUT2D eigenvalue weighted by Crippen LogP contribution is 2.48. The Kier molecular flexibility index (Phi) is 2.75. The van der Waals surface area contributed by atoms with Gasteiger partial charge in [0.1, 0.15) is 17.3 Å². The number of amidine groups is 1. The van der Waals surface area contributed by atoms with Crippen molar-refractivity contribution >= 4 is 5.84 Å². The van der Waals surface area contributed by atoms with Gasteiger partial charge >= 0.3 is 0 Å². The predicted molar refractivity (Wildman–Crippen MR) is 75.8 cm³/mol. The largest absolute Gasteiger partial charge is 0.457 e. The molecule has 3 nitrogen and oxygen atoms in total. The van der Waals surface area contributed by atoms with Gasteiger partial charge in [0.15, 0.2) is 0 Å². The molecule has 0 heterocycles. The minimum atomic E-state index is -0.240. The number of benzene rings is 2. The topological polar surface area (TPSA) is 59.1 Å². The average Bonchev–Trinajstić information content (AvgIpc) is 3.22. The van der Waals surface area contributed by atoms with E-state index in [0.29, 0.717) is 0 Å². The molecule has 3 N–H and O–H groups in total. The van der Waals surface area contributed by atoms with Gasteiger partial charge in [-0.15, -0.1) is 0 Å². The lowest BCUT2D eigenvalue weighted by Crippen LogP contribution is -2.27. The first-order valence-electron chi connectivity index (χ1n) is 6.39. The van der Waals surface area contributed by atoms with Crippen molar-refractivity contribution in [3.63, 3.8) is 0 Å².